The number of phenols is 4. The highest BCUT2D eigenvalue weighted by atomic mass is 35.5. The van der Waals surface area contributed by atoms with Crippen LogP contribution in [0.4, 0.5) is 0 Å². The molecule has 0 saturated carbocycles. The number of aromatic hydroxyl groups is 4. The van der Waals surface area contributed by atoms with E-state index in [1.54, 1.807) is 0 Å². The summed E-state index contributed by atoms with van der Waals surface area (Å²) in [4.78, 5) is 139. The standard InChI is InChI=1S/C86H91Cl5N8O35/c1-27(2)7-5-4-6-8-51(106)93-60-65(110)68(113)75(83(124)125)134-84(60)131-71-32-16-40(89)73(41(90)17-32)128-48-20-31-19-47(74(48)133-86-70(115)67(112)64(109)50(26-101)130-86)127-45-12-10-29(14-38(45)87)62(107)59-80(120)96-57(37-23-34(24-44(105)53(37)91)126-46-18-28(9-11-42(46)103)54(92-3)76(116)98-59)79(119)95-56(31)77(117)94-55-30-13-36(72(39(88)15-30)132-85-69(114)66(111)63(108)49(25-100)129-85)52-35(21-33(102)22-43(52)104)58(82(122)123)97-81(121)61(71)99-78(55)118/h9-24,27,48-50,54-71,74-75,84-86,92,100-105,107-115H,4-8,25-26H2,1-3H3,(H,93,106)(H,94,117)(H,95,119)(H,96,120)(H,97,121)(H,98,116)(H,99,118)(H,122,123)(H,124,125)/t48?,49-,50+,54+,55-,56+,57+,58+,59+,60-,61+,62-,63+,64+,65+,66-,67-,68-,69-,70-,71-,74?,75-,84-,85-,86-/m1/s1. The molecule has 0 radical (unpaired) electrons. The second-order valence-electron chi connectivity index (χ2n) is 33.1. The van der Waals surface area contributed by atoms with E-state index >= 15 is 24.0 Å². The van der Waals surface area contributed by atoms with Crippen LogP contribution in [-0.2, 0) is 66.8 Å². The van der Waals surface area contributed by atoms with Crippen molar-refractivity contribution in [2.45, 2.75) is 205 Å². The molecule has 6 aromatic carbocycles. The second-order valence-corrected chi connectivity index (χ2v) is 35.1. The van der Waals surface area contributed by atoms with Crippen LogP contribution in [0.3, 0.4) is 0 Å². The molecule has 6 aromatic rings. The van der Waals surface area contributed by atoms with Gasteiger partial charge in [-0.25, -0.2) is 9.59 Å². The second kappa shape index (κ2) is 41.0. The van der Waals surface area contributed by atoms with E-state index in [4.69, 9.17) is 101 Å². The summed E-state index contributed by atoms with van der Waals surface area (Å²) < 4.78 is 56.6. The number of benzene rings is 6. The van der Waals surface area contributed by atoms with Crippen molar-refractivity contribution in [3.63, 3.8) is 0 Å². The molecule has 48 heteroatoms. The molecule has 43 nitrogen and oxygen atoms in total. The third-order valence-corrected chi connectivity index (χ3v) is 25.1. The number of amides is 7. The van der Waals surface area contributed by atoms with Crippen LogP contribution < -0.4 is 61.5 Å². The van der Waals surface area contributed by atoms with Crippen LogP contribution in [0.25, 0.3) is 11.1 Å². The zero-order valence-corrected chi connectivity index (χ0v) is 73.9. The number of fused-ring (bicyclic) bond motifs is 14. The van der Waals surface area contributed by atoms with E-state index in [0.29, 0.717) is 25.0 Å². The van der Waals surface area contributed by atoms with E-state index in [9.17, 15) is 106 Å². The minimum absolute atomic E-state index is 0.0455. The topological polar surface area (TPSA) is 677 Å². The van der Waals surface area contributed by atoms with Crippen LogP contribution in [0.2, 0.25) is 25.1 Å². The summed E-state index contributed by atoms with van der Waals surface area (Å²) in [6.07, 6.45) is -36.8. The van der Waals surface area contributed by atoms with Crippen molar-refractivity contribution in [1.29, 1.82) is 0 Å². The quantitative estimate of drug-likeness (QED) is 0.0526. The Morgan fingerprint density at radius 2 is 1.13 bits per heavy atom. The number of halogens is 5. The average Bonchev–Trinajstić information content (AvgIpc) is 0.766. The van der Waals surface area contributed by atoms with Crippen LogP contribution in [0.15, 0.2) is 108 Å². The van der Waals surface area contributed by atoms with Gasteiger partial charge in [0, 0.05) is 40.8 Å². The van der Waals surface area contributed by atoms with Crippen molar-refractivity contribution in [2.75, 3.05) is 20.3 Å². The van der Waals surface area contributed by atoms with Gasteiger partial charge in [0.2, 0.25) is 47.6 Å². The lowest BCUT2D eigenvalue weighted by Gasteiger charge is -2.43. The van der Waals surface area contributed by atoms with Gasteiger partial charge in [-0.05, 0) is 120 Å². The summed E-state index contributed by atoms with van der Waals surface area (Å²) >= 11 is 36.4. The van der Waals surface area contributed by atoms with Crippen molar-refractivity contribution >= 4 is 111 Å². The zero-order chi connectivity index (χ0) is 96.9. The highest BCUT2D eigenvalue weighted by molar-refractivity contribution is 6.37. The van der Waals surface area contributed by atoms with E-state index in [1.165, 1.54) is 19.2 Å². The zero-order valence-electron chi connectivity index (χ0n) is 70.1. The van der Waals surface area contributed by atoms with Crippen LogP contribution in [-0.4, -0.2) is 283 Å². The Morgan fingerprint density at radius 1 is 0.515 bits per heavy atom. The maximum atomic E-state index is 17.1. The third kappa shape index (κ3) is 20.4. The van der Waals surface area contributed by atoms with Gasteiger partial charge in [-0.3, -0.25) is 33.6 Å². The largest absolute Gasteiger partial charge is 0.508 e. The van der Waals surface area contributed by atoms with Gasteiger partial charge >= 0.3 is 11.9 Å². The van der Waals surface area contributed by atoms with Gasteiger partial charge in [0.25, 0.3) is 0 Å². The molecular formula is C86H91Cl5N8O35. The number of carbonyl (C=O) groups excluding carboxylic acids is 7. The van der Waals surface area contributed by atoms with Crippen molar-refractivity contribution < 1.29 is 173 Å². The van der Waals surface area contributed by atoms with Crippen LogP contribution >= 0.6 is 58.0 Å². The monoisotopic (exact) mass is 1970 g/mol. The number of carbonyl (C=O) groups is 9. The van der Waals surface area contributed by atoms with E-state index in [-0.39, 0.29) is 29.9 Å². The molecule has 134 heavy (non-hydrogen) atoms. The molecule has 3 saturated heterocycles. The summed E-state index contributed by atoms with van der Waals surface area (Å²) in [7, 11) is 1.32. The minimum atomic E-state index is -2.78. The van der Waals surface area contributed by atoms with Crippen molar-refractivity contribution in [3.8, 4) is 62.9 Å². The lowest BCUT2D eigenvalue weighted by Crippen LogP contribution is -2.66. The van der Waals surface area contributed by atoms with Crippen molar-refractivity contribution in [2.24, 2.45) is 5.92 Å². The highest BCUT2D eigenvalue weighted by Crippen LogP contribution is 2.51. The number of hydrogen-bond donors (Lipinski definition) is 25. The Kier molecular flexibility index (Phi) is 30.4. The van der Waals surface area contributed by atoms with Gasteiger partial charge in [-0.1, -0.05) is 103 Å². The summed E-state index contributed by atoms with van der Waals surface area (Å²) in [5.41, 5.74) is -5.50. The van der Waals surface area contributed by atoms with Crippen molar-refractivity contribution in [3.05, 3.63) is 167 Å². The molecule has 7 amide bonds. The molecule has 25 N–H and O–H groups in total. The Bertz CT molecular complexity index is 5620. The van der Waals surface area contributed by atoms with Gasteiger partial charge in [-0.15, -0.1) is 0 Å². The Hall–Kier alpha value is -10.8. The number of phenolic OH excluding ortho intramolecular Hbond substituents is 4. The van der Waals surface area contributed by atoms with Crippen LogP contribution in [0.5, 0.6) is 51.7 Å². The molecule has 26 atom stereocenters. The number of aliphatic carboxylic acids is 2. The smallest absolute Gasteiger partial charge is 0.335 e. The summed E-state index contributed by atoms with van der Waals surface area (Å²) in [6, 6.07) is -5.98. The molecule has 0 aromatic heterocycles. The van der Waals surface area contributed by atoms with Gasteiger partial charge in [0.05, 0.1) is 38.3 Å². The fourth-order valence-electron chi connectivity index (χ4n) is 16.6. The number of nitrogens with one attached hydrogen (secondary N) is 8. The number of rotatable bonds is 18. The van der Waals surface area contributed by atoms with Crippen molar-refractivity contribution in [1.82, 2.24) is 42.5 Å². The van der Waals surface area contributed by atoms with Gasteiger partial charge in [0.15, 0.2) is 54.2 Å². The fourth-order valence-corrected chi connectivity index (χ4v) is 18.0. The number of unbranched alkanes of at least 4 members (excludes halogenated alkanes) is 2. The highest BCUT2D eigenvalue weighted by Gasteiger charge is 2.55. The maximum absolute atomic E-state index is 17.1. The number of aliphatic hydroxyl groups excluding tert-OH is 11. The first-order chi connectivity index (χ1) is 63.6. The normalized spacial score (nSPS) is 31.0. The first-order valence-corrected chi connectivity index (χ1v) is 43.5. The molecule has 9 aliphatic heterocycles. The molecule has 17 bridgehead atoms. The van der Waals surface area contributed by atoms with Gasteiger partial charge in [0.1, 0.15) is 156 Å². The minimum Gasteiger partial charge on any atom is -0.508 e. The predicted octanol–water partition coefficient (Wildman–Crippen LogP) is 0.689. The number of carboxylic acids is 2. The molecule has 720 valence electrons. The molecule has 3 fully saturated rings. The first-order valence-electron chi connectivity index (χ1n) is 41.6. The summed E-state index contributed by atoms with van der Waals surface area (Å²) in [6.45, 7) is 1.80. The van der Waals surface area contributed by atoms with Crippen LogP contribution in [0, 0.1) is 5.92 Å². The maximum Gasteiger partial charge on any atom is 0.335 e. The molecule has 2 unspecified atom stereocenters. The molecule has 0 spiro atoms. The molecule has 9 heterocycles. The average molecular weight is 1970 g/mol. The molecule has 16 rings (SSSR count). The molecule has 10 aliphatic rings. The van der Waals surface area contributed by atoms with E-state index in [1.807, 2.05) is 13.8 Å². The Balaban J connectivity index is 1.05. The molecular weight excluding hydrogens is 1880 g/mol. The lowest BCUT2D eigenvalue weighted by molar-refractivity contribution is -0.313. The van der Waals surface area contributed by atoms with E-state index in [2.05, 4.69) is 42.5 Å². The first kappa shape index (κ1) is 99.2. The van der Waals surface area contributed by atoms with E-state index in [0.717, 1.165) is 79.2 Å². The predicted molar refractivity (Wildman–Crippen MR) is 459 cm³/mol. The number of ether oxygens (including phenoxy) is 9. The number of aliphatic hydroxyl groups is 11. The summed E-state index contributed by atoms with van der Waals surface area (Å²) in [5, 5.41) is 211. The van der Waals surface area contributed by atoms with E-state index < -0.39 is 347 Å². The third-order valence-electron chi connectivity index (χ3n) is 23.6. The Labute approximate surface area is 782 Å². The number of hydrogen-bond acceptors (Lipinski definition) is 34. The lowest BCUT2D eigenvalue weighted by atomic mass is 9.89. The Morgan fingerprint density at radius 3 is 1.78 bits per heavy atom. The molecule has 1 aliphatic carbocycles. The number of likely N-dealkylation sites (N-methyl/N-ethyl adjacent to an activating group) is 1. The fraction of sp³-hybridized carbons (Fsp3) is 0.430. The van der Waals surface area contributed by atoms with Gasteiger partial charge in [-0.2, -0.15) is 0 Å². The summed E-state index contributed by atoms with van der Waals surface area (Å²) in [5.74, 6) is -21.6. The number of carboxylic acid groups (broad SMARTS) is 2. The SMILES string of the molecule is CN[C@@H]1C(=O)N[C@@H]2C(=O)N[C@H](C(=O)N[C@@H]3C(=O)N[C@H]4C(=O)N[C@H](C(=O)N[C@H](C(=O)O)c5cc(O)cc(O)c5-c5cc4cc(Cl)c5O[C@H]4O[C@H](CO)[C@H](O)[C@@H](O)[C@H]4O)[C@H](O[C@@H]4O[C@@H](C(=O)O)[C@H](O)[C@@H](O)[C@H]4NC(=O)CCCCCC(C)C)c4cc(Cl)c(c(Cl)c4)OC4C=C3C=C(Oc3ccc(cc3Cl)[C@H]2O)C4O[C@H]2O[C@@H](CO)[C@H](O)[C@@H](O)[C@H]2O)c2cc(cc(O)c2Cl)Oc2cc1ccc2O. The van der Waals surface area contributed by atoms with Crippen LogP contribution in [0.1, 0.15) is 116 Å². The van der Waals surface area contributed by atoms with Gasteiger partial charge < -0.3 is 172 Å².